The molecule has 1 unspecified atom stereocenters. The summed E-state index contributed by atoms with van der Waals surface area (Å²) in [4.78, 5) is 41.8. The zero-order valence-electron chi connectivity index (χ0n) is 19.8. The molecule has 0 saturated heterocycles. The van der Waals surface area contributed by atoms with Gasteiger partial charge in [0.15, 0.2) is 5.92 Å². The summed E-state index contributed by atoms with van der Waals surface area (Å²) in [6, 6.07) is 17.9. The lowest BCUT2D eigenvalue weighted by Crippen LogP contribution is -2.52. The topological polar surface area (TPSA) is 82.1 Å². The van der Waals surface area contributed by atoms with E-state index < -0.39 is 23.9 Å². The van der Waals surface area contributed by atoms with Crippen molar-refractivity contribution < 1.29 is 28.6 Å². The normalized spacial score (nSPS) is 14.8. The van der Waals surface area contributed by atoms with Crippen LogP contribution in [0.3, 0.4) is 0 Å². The van der Waals surface area contributed by atoms with Gasteiger partial charge in [-0.25, -0.2) is 0 Å². The number of methoxy groups -OCH3 is 1. The Morgan fingerprint density at radius 1 is 0.784 bits per heavy atom. The Morgan fingerprint density at radius 2 is 1.27 bits per heavy atom. The van der Waals surface area contributed by atoms with Crippen LogP contribution < -0.4 is 14.2 Å². The molecule has 3 aromatic rings. The number of hydrogen-bond acceptors (Lipinski definition) is 6. The lowest BCUT2D eigenvalue weighted by molar-refractivity contribution is -0.153. The van der Waals surface area contributed by atoms with Crippen molar-refractivity contribution in [1.29, 1.82) is 0 Å². The zero-order chi connectivity index (χ0) is 26.4. The lowest BCUT2D eigenvalue weighted by atomic mass is 9.94. The lowest BCUT2D eigenvalue weighted by Gasteiger charge is -2.35. The molecule has 1 aliphatic heterocycles. The molecule has 0 spiro atoms. The van der Waals surface area contributed by atoms with Crippen LogP contribution in [0.25, 0.3) is 0 Å². The monoisotopic (exact) mass is 539 g/mol. The van der Waals surface area contributed by atoms with Gasteiger partial charge in [-0.3, -0.25) is 14.4 Å². The molecule has 1 aliphatic rings. The van der Waals surface area contributed by atoms with Crippen LogP contribution in [-0.4, -0.2) is 42.4 Å². The molecule has 37 heavy (non-hydrogen) atoms. The van der Waals surface area contributed by atoms with Crippen molar-refractivity contribution in [3.05, 3.63) is 101 Å². The molecule has 0 radical (unpaired) electrons. The summed E-state index contributed by atoms with van der Waals surface area (Å²) < 4.78 is 16.2. The summed E-state index contributed by atoms with van der Waals surface area (Å²) in [6.07, 6.45) is 4.03. The first-order chi connectivity index (χ1) is 17.9. The maximum Gasteiger partial charge on any atom is 0.328 e. The van der Waals surface area contributed by atoms with Crippen LogP contribution in [0.4, 0.5) is 0 Å². The van der Waals surface area contributed by atoms with E-state index >= 15 is 0 Å². The maximum absolute atomic E-state index is 13.5. The van der Waals surface area contributed by atoms with E-state index in [1.54, 1.807) is 54.6 Å². The van der Waals surface area contributed by atoms with Crippen molar-refractivity contribution in [2.45, 2.75) is 12.5 Å². The van der Waals surface area contributed by atoms with Gasteiger partial charge in [-0.15, -0.1) is 0 Å². The van der Waals surface area contributed by atoms with E-state index in [9.17, 15) is 14.4 Å². The SMILES string of the molecule is COc1ccc(C(=O)N2CCC=CC2C(C(=O)Oc2ccc(Cl)cc2)C(=O)Oc2ccc(Cl)cc2)cc1. The second-order valence-corrected chi connectivity index (χ2v) is 9.04. The summed E-state index contributed by atoms with van der Waals surface area (Å²) in [5.74, 6) is -2.55. The average molecular weight is 540 g/mol. The van der Waals surface area contributed by atoms with Gasteiger partial charge in [0.25, 0.3) is 5.91 Å². The summed E-state index contributed by atoms with van der Waals surface area (Å²) in [7, 11) is 1.53. The van der Waals surface area contributed by atoms with E-state index in [-0.39, 0.29) is 17.4 Å². The van der Waals surface area contributed by atoms with E-state index in [1.807, 2.05) is 6.08 Å². The summed E-state index contributed by atoms with van der Waals surface area (Å²) in [5.41, 5.74) is 0.386. The Labute approximate surface area is 224 Å². The third-order valence-electron chi connectivity index (χ3n) is 5.74. The van der Waals surface area contributed by atoms with Crippen LogP contribution in [0.15, 0.2) is 84.9 Å². The van der Waals surface area contributed by atoms with Gasteiger partial charge in [0.2, 0.25) is 0 Å². The molecule has 0 aliphatic carbocycles. The number of carbonyl (C=O) groups is 3. The molecular formula is C28H23Cl2NO6. The van der Waals surface area contributed by atoms with E-state index in [4.69, 9.17) is 37.4 Å². The molecule has 3 aromatic carbocycles. The average Bonchev–Trinajstić information content (AvgIpc) is 2.91. The first kappa shape index (κ1) is 26.3. The number of amides is 1. The Hall–Kier alpha value is -3.81. The Balaban J connectivity index is 1.65. The number of esters is 2. The number of carbonyl (C=O) groups excluding carboxylic acids is 3. The fraction of sp³-hybridized carbons (Fsp3) is 0.179. The third kappa shape index (κ3) is 6.50. The molecule has 1 amide bonds. The minimum atomic E-state index is -1.47. The van der Waals surface area contributed by atoms with Crippen molar-refractivity contribution in [2.75, 3.05) is 13.7 Å². The van der Waals surface area contributed by atoms with Crippen molar-refractivity contribution in [3.8, 4) is 17.2 Å². The Kier molecular flexibility index (Phi) is 8.48. The Bertz CT molecular complexity index is 1230. The van der Waals surface area contributed by atoms with Crippen LogP contribution in [0.2, 0.25) is 10.0 Å². The molecule has 0 fully saturated rings. The van der Waals surface area contributed by atoms with E-state index in [0.29, 0.717) is 34.3 Å². The van der Waals surface area contributed by atoms with Gasteiger partial charge < -0.3 is 19.1 Å². The molecule has 1 heterocycles. The minimum Gasteiger partial charge on any atom is -0.497 e. The van der Waals surface area contributed by atoms with Crippen LogP contribution in [0.1, 0.15) is 16.8 Å². The molecule has 0 N–H and O–H groups in total. The van der Waals surface area contributed by atoms with Crippen LogP contribution >= 0.6 is 23.2 Å². The number of hydrogen-bond donors (Lipinski definition) is 0. The van der Waals surface area contributed by atoms with E-state index in [0.717, 1.165) is 0 Å². The number of nitrogens with zero attached hydrogens (tertiary/aromatic N) is 1. The van der Waals surface area contributed by atoms with Crippen molar-refractivity contribution in [1.82, 2.24) is 4.90 Å². The predicted octanol–water partition coefficient (Wildman–Crippen LogP) is 5.60. The minimum absolute atomic E-state index is 0.200. The standard InChI is InChI=1S/C28H23Cl2NO6/c1-35-21-11-5-18(6-12-21)26(32)31-17-3-2-4-24(31)25(27(33)36-22-13-7-19(29)8-14-22)28(34)37-23-15-9-20(30)10-16-23/h2,4-16,24-25H,3,17H2,1H3. The molecule has 0 saturated carbocycles. The first-order valence-corrected chi connectivity index (χ1v) is 12.2. The second-order valence-electron chi connectivity index (χ2n) is 8.16. The Morgan fingerprint density at radius 3 is 1.76 bits per heavy atom. The maximum atomic E-state index is 13.5. The highest BCUT2D eigenvalue weighted by Gasteiger charge is 2.43. The molecule has 9 heteroatoms. The fourth-order valence-electron chi connectivity index (χ4n) is 3.87. The van der Waals surface area contributed by atoms with Gasteiger partial charge in [0.05, 0.1) is 13.2 Å². The molecule has 0 aromatic heterocycles. The van der Waals surface area contributed by atoms with E-state index in [1.165, 1.54) is 36.3 Å². The quantitative estimate of drug-likeness (QED) is 0.168. The van der Waals surface area contributed by atoms with Gasteiger partial charge in [-0.1, -0.05) is 35.4 Å². The number of benzene rings is 3. The molecule has 7 nitrogen and oxygen atoms in total. The summed E-state index contributed by atoms with van der Waals surface area (Å²) >= 11 is 11.9. The van der Waals surface area contributed by atoms with Gasteiger partial charge in [0.1, 0.15) is 17.2 Å². The van der Waals surface area contributed by atoms with Gasteiger partial charge in [-0.05, 0) is 79.2 Å². The molecular weight excluding hydrogens is 517 g/mol. The van der Waals surface area contributed by atoms with Gasteiger partial charge in [0, 0.05) is 22.2 Å². The molecule has 1 atom stereocenters. The van der Waals surface area contributed by atoms with E-state index in [2.05, 4.69) is 0 Å². The van der Waals surface area contributed by atoms with Gasteiger partial charge >= 0.3 is 11.9 Å². The first-order valence-electron chi connectivity index (χ1n) is 11.4. The number of ether oxygens (including phenoxy) is 3. The smallest absolute Gasteiger partial charge is 0.328 e. The highest BCUT2D eigenvalue weighted by Crippen LogP contribution is 2.27. The zero-order valence-corrected chi connectivity index (χ0v) is 21.3. The van der Waals surface area contributed by atoms with Crippen molar-refractivity contribution in [2.24, 2.45) is 5.92 Å². The van der Waals surface area contributed by atoms with Crippen LogP contribution in [-0.2, 0) is 9.59 Å². The predicted molar refractivity (Wildman–Crippen MR) is 139 cm³/mol. The van der Waals surface area contributed by atoms with Crippen molar-refractivity contribution >= 4 is 41.0 Å². The van der Waals surface area contributed by atoms with Crippen LogP contribution in [0, 0.1) is 5.92 Å². The van der Waals surface area contributed by atoms with Crippen molar-refractivity contribution in [3.63, 3.8) is 0 Å². The van der Waals surface area contributed by atoms with Gasteiger partial charge in [-0.2, -0.15) is 0 Å². The number of halogens is 2. The molecule has 0 bridgehead atoms. The largest absolute Gasteiger partial charge is 0.497 e. The molecule has 4 rings (SSSR count). The highest BCUT2D eigenvalue weighted by molar-refractivity contribution is 6.30. The van der Waals surface area contributed by atoms with Crippen LogP contribution in [0.5, 0.6) is 17.2 Å². The second kappa shape index (κ2) is 12.0. The summed E-state index contributed by atoms with van der Waals surface area (Å²) in [5, 5.41) is 0.926. The third-order valence-corrected chi connectivity index (χ3v) is 6.25. The summed E-state index contributed by atoms with van der Waals surface area (Å²) in [6.45, 7) is 0.297. The fourth-order valence-corrected chi connectivity index (χ4v) is 4.12. The number of rotatable bonds is 7. The molecule has 190 valence electrons. The highest BCUT2D eigenvalue weighted by atomic mass is 35.5.